The second-order valence-corrected chi connectivity index (χ2v) is 11.6. The zero-order valence-electron chi connectivity index (χ0n) is 18.7. The largest absolute Gasteiger partial charge is 0.353 e. The van der Waals surface area contributed by atoms with Gasteiger partial charge in [0.2, 0.25) is 10.0 Å². The maximum absolute atomic E-state index is 13.1. The number of nitrogens with zero attached hydrogens (tertiary/aromatic N) is 6. The van der Waals surface area contributed by atoms with Gasteiger partial charge in [-0.25, -0.2) is 23.1 Å². The van der Waals surface area contributed by atoms with Gasteiger partial charge in [0.1, 0.15) is 11.6 Å². The van der Waals surface area contributed by atoms with Crippen LogP contribution >= 0.6 is 23.2 Å². The molecule has 4 aromatic rings. The second-order valence-electron chi connectivity index (χ2n) is 8.77. The van der Waals surface area contributed by atoms with E-state index < -0.39 is 10.0 Å². The average molecular weight is 529 g/mol. The normalized spacial score (nSPS) is 17.3. The van der Waals surface area contributed by atoms with Gasteiger partial charge in [-0.3, -0.25) is 0 Å². The molecule has 6 rings (SSSR count). The van der Waals surface area contributed by atoms with E-state index in [1.165, 1.54) is 4.31 Å². The summed E-state index contributed by atoms with van der Waals surface area (Å²) in [5.74, 6) is 1.94. The predicted molar refractivity (Wildman–Crippen MR) is 136 cm³/mol. The summed E-state index contributed by atoms with van der Waals surface area (Å²) in [5, 5.41) is 6.51. The van der Waals surface area contributed by atoms with Crippen LogP contribution < -0.4 is 4.90 Å². The Hall–Kier alpha value is -2.72. The Kier molecular flexibility index (Phi) is 5.68. The summed E-state index contributed by atoms with van der Waals surface area (Å²) in [6.45, 7) is 1.74. The Bertz CT molecular complexity index is 1510. The Balaban J connectivity index is 1.32. The molecule has 11 heteroatoms. The van der Waals surface area contributed by atoms with E-state index in [9.17, 15) is 8.42 Å². The van der Waals surface area contributed by atoms with Crippen molar-refractivity contribution in [2.75, 3.05) is 31.1 Å². The van der Waals surface area contributed by atoms with Gasteiger partial charge in [-0.2, -0.15) is 9.40 Å². The predicted octanol–water partition coefficient (Wildman–Crippen LogP) is 4.51. The summed E-state index contributed by atoms with van der Waals surface area (Å²) in [4.78, 5) is 12.1. The second kappa shape index (κ2) is 8.74. The van der Waals surface area contributed by atoms with Crippen LogP contribution in [0.4, 0.5) is 5.82 Å². The van der Waals surface area contributed by atoms with Crippen molar-refractivity contribution in [2.45, 2.75) is 23.7 Å². The number of hydrogen-bond donors (Lipinski definition) is 0. The molecule has 1 aliphatic carbocycles. The molecule has 1 saturated heterocycles. The minimum atomic E-state index is -3.59. The lowest BCUT2D eigenvalue weighted by Crippen LogP contribution is -2.49. The highest BCUT2D eigenvalue weighted by molar-refractivity contribution is 7.89. The third-order valence-corrected chi connectivity index (χ3v) is 8.92. The first-order valence-electron chi connectivity index (χ1n) is 11.4. The van der Waals surface area contributed by atoms with E-state index >= 15 is 0 Å². The van der Waals surface area contributed by atoms with Crippen LogP contribution in [-0.4, -0.2) is 58.7 Å². The van der Waals surface area contributed by atoms with Crippen molar-refractivity contribution in [3.05, 3.63) is 70.6 Å². The molecule has 8 nitrogen and oxygen atoms in total. The fourth-order valence-corrected chi connectivity index (χ4v) is 6.13. The molecular formula is C24H22Cl2N6O2S. The Morgan fingerprint density at radius 1 is 0.886 bits per heavy atom. The number of piperazine rings is 1. The van der Waals surface area contributed by atoms with Crippen molar-refractivity contribution in [1.82, 2.24) is 24.1 Å². The Labute approximate surface area is 213 Å². The smallest absolute Gasteiger partial charge is 0.243 e. The van der Waals surface area contributed by atoms with Crippen LogP contribution in [0.25, 0.3) is 16.7 Å². The number of hydrogen-bond acceptors (Lipinski definition) is 6. The average Bonchev–Trinajstić information content (AvgIpc) is 3.64. The molecule has 0 radical (unpaired) electrons. The number of sulfonamides is 1. The van der Waals surface area contributed by atoms with E-state index in [2.05, 4.69) is 10.00 Å². The first-order chi connectivity index (χ1) is 16.9. The van der Waals surface area contributed by atoms with Crippen molar-refractivity contribution >= 4 is 50.1 Å². The molecule has 0 unspecified atom stereocenters. The quantitative estimate of drug-likeness (QED) is 0.378. The monoisotopic (exact) mass is 528 g/mol. The van der Waals surface area contributed by atoms with Gasteiger partial charge in [0.05, 0.1) is 27.2 Å². The fourth-order valence-electron chi connectivity index (χ4n) is 4.37. The number of fused-ring (bicyclic) bond motifs is 1. The molecular weight excluding hydrogens is 507 g/mol. The van der Waals surface area contributed by atoms with Crippen molar-refractivity contribution in [1.29, 1.82) is 0 Å². The molecule has 3 heterocycles. The van der Waals surface area contributed by atoms with Crippen LogP contribution in [0.15, 0.2) is 59.6 Å². The van der Waals surface area contributed by atoms with Crippen molar-refractivity contribution < 1.29 is 8.42 Å². The lowest BCUT2D eigenvalue weighted by molar-refractivity contribution is 0.384. The maximum atomic E-state index is 13.1. The molecule has 1 saturated carbocycles. The molecule has 0 bridgehead atoms. The topological polar surface area (TPSA) is 84.2 Å². The van der Waals surface area contributed by atoms with E-state index in [0.29, 0.717) is 47.8 Å². The van der Waals surface area contributed by atoms with Crippen LogP contribution in [0.5, 0.6) is 0 Å². The molecule has 2 aromatic carbocycles. The minimum Gasteiger partial charge on any atom is -0.353 e. The van der Waals surface area contributed by atoms with Crippen LogP contribution in [-0.2, 0) is 10.0 Å². The molecule has 0 atom stereocenters. The number of anilines is 1. The SMILES string of the molecule is O=S(=O)(c1ccc(Cl)cc1)N1CCN(c2nc(C3CC3)nc3c2cnn3-c2ccccc2Cl)CC1. The van der Waals surface area contributed by atoms with Gasteiger partial charge in [0.15, 0.2) is 5.65 Å². The number of halogens is 2. The number of benzene rings is 2. The summed E-state index contributed by atoms with van der Waals surface area (Å²) >= 11 is 12.4. The van der Waals surface area contributed by atoms with Gasteiger partial charge < -0.3 is 4.90 Å². The summed E-state index contributed by atoms with van der Waals surface area (Å²) in [6, 6.07) is 13.8. The number of para-hydroxylation sites is 1. The number of aromatic nitrogens is 4. The highest BCUT2D eigenvalue weighted by Gasteiger charge is 2.32. The minimum absolute atomic E-state index is 0.247. The van der Waals surface area contributed by atoms with E-state index in [1.54, 1.807) is 35.1 Å². The molecule has 0 N–H and O–H groups in total. The summed E-state index contributed by atoms with van der Waals surface area (Å²) in [6.07, 6.45) is 3.90. The van der Waals surface area contributed by atoms with Gasteiger partial charge in [0.25, 0.3) is 0 Å². The van der Waals surface area contributed by atoms with E-state index in [-0.39, 0.29) is 4.90 Å². The van der Waals surface area contributed by atoms with Crippen molar-refractivity contribution in [2.24, 2.45) is 0 Å². The van der Waals surface area contributed by atoms with Gasteiger partial charge in [-0.05, 0) is 49.2 Å². The molecule has 2 aliphatic rings. The molecule has 2 fully saturated rings. The standard InChI is InChI=1S/C24H22Cl2N6O2S/c25-17-7-9-18(10-8-17)35(33,34)31-13-11-30(12-14-31)23-19-15-27-32(21-4-2-1-3-20(21)26)24(19)29-22(28-23)16-5-6-16/h1-4,7-10,15-16H,5-6,11-14H2. The van der Waals surface area contributed by atoms with Gasteiger partial charge >= 0.3 is 0 Å². The first kappa shape index (κ1) is 22.7. The molecule has 180 valence electrons. The summed E-state index contributed by atoms with van der Waals surface area (Å²) in [5.41, 5.74) is 1.47. The van der Waals surface area contributed by atoms with Gasteiger partial charge in [-0.1, -0.05) is 35.3 Å². The van der Waals surface area contributed by atoms with E-state index in [1.807, 2.05) is 24.3 Å². The van der Waals surface area contributed by atoms with Crippen LogP contribution in [0, 0.1) is 0 Å². The van der Waals surface area contributed by atoms with Gasteiger partial charge in [-0.15, -0.1) is 0 Å². The van der Waals surface area contributed by atoms with Crippen molar-refractivity contribution in [3.8, 4) is 5.69 Å². The molecule has 0 amide bonds. The highest BCUT2D eigenvalue weighted by Crippen LogP contribution is 2.40. The summed E-state index contributed by atoms with van der Waals surface area (Å²) < 4.78 is 29.5. The Morgan fingerprint density at radius 2 is 1.60 bits per heavy atom. The van der Waals surface area contributed by atoms with Crippen LogP contribution in [0.1, 0.15) is 24.6 Å². The first-order valence-corrected chi connectivity index (χ1v) is 13.6. The van der Waals surface area contributed by atoms with Crippen LogP contribution in [0.2, 0.25) is 10.0 Å². The number of rotatable bonds is 5. The molecule has 1 aliphatic heterocycles. The van der Waals surface area contributed by atoms with E-state index in [0.717, 1.165) is 35.6 Å². The maximum Gasteiger partial charge on any atom is 0.243 e. The lowest BCUT2D eigenvalue weighted by atomic mass is 10.2. The molecule has 0 spiro atoms. The molecule has 2 aromatic heterocycles. The summed E-state index contributed by atoms with van der Waals surface area (Å²) in [7, 11) is -3.59. The third-order valence-electron chi connectivity index (χ3n) is 6.44. The molecule has 35 heavy (non-hydrogen) atoms. The zero-order chi connectivity index (χ0) is 24.2. The Morgan fingerprint density at radius 3 is 2.29 bits per heavy atom. The van der Waals surface area contributed by atoms with Gasteiger partial charge in [0, 0.05) is 37.1 Å². The van der Waals surface area contributed by atoms with Crippen molar-refractivity contribution in [3.63, 3.8) is 0 Å². The zero-order valence-corrected chi connectivity index (χ0v) is 21.0. The lowest BCUT2D eigenvalue weighted by Gasteiger charge is -2.35. The third kappa shape index (κ3) is 4.16. The fraction of sp³-hybridized carbons (Fsp3) is 0.292. The van der Waals surface area contributed by atoms with Crippen LogP contribution in [0.3, 0.4) is 0 Å². The van der Waals surface area contributed by atoms with E-state index in [4.69, 9.17) is 33.2 Å². The highest BCUT2D eigenvalue weighted by atomic mass is 35.5.